The maximum Gasteiger partial charge on any atom is 0.246 e. The van der Waals surface area contributed by atoms with E-state index in [-0.39, 0.29) is 11.9 Å². The molecule has 1 aromatic rings. The summed E-state index contributed by atoms with van der Waals surface area (Å²) in [5.41, 5.74) is 1.91. The van der Waals surface area contributed by atoms with Gasteiger partial charge in [-0.25, -0.2) is 0 Å². The maximum absolute atomic E-state index is 11.9. The summed E-state index contributed by atoms with van der Waals surface area (Å²) in [5.74, 6) is 1.76. The first-order valence-electron chi connectivity index (χ1n) is 7.59. The van der Waals surface area contributed by atoms with Crippen LogP contribution in [-0.2, 0) is 4.79 Å². The molecule has 2 aliphatic rings. The van der Waals surface area contributed by atoms with Crippen LogP contribution in [0.25, 0.3) is 0 Å². The Bertz CT molecular complexity index is 497. The third kappa shape index (κ3) is 2.96. The van der Waals surface area contributed by atoms with Crippen LogP contribution in [0, 0.1) is 5.92 Å². The van der Waals surface area contributed by atoms with Gasteiger partial charge in [0.1, 0.15) is 11.8 Å². The molecule has 1 heterocycles. The van der Waals surface area contributed by atoms with E-state index >= 15 is 0 Å². The smallest absolute Gasteiger partial charge is 0.246 e. The molecule has 0 saturated heterocycles. The van der Waals surface area contributed by atoms with Gasteiger partial charge in [0.2, 0.25) is 5.91 Å². The predicted molar refractivity (Wildman–Crippen MR) is 78.9 cm³/mol. The van der Waals surface area contributed by atoms with Gasteiger partial charge < -0.3 is 15.4 Å². The summed E-state index contributed by atoms with van der Waals surface area (Å²) in [6.45, 7) is 3.71. The summed E-state index contributed by atoms with van der Waals surface area (Å²) in [6.07, 6.45) is 4.87. The van der Waals surface area contributed by atoms with Crippen LogP contribution in [0.2, 0.25) is 0 Å². The number of hydrogen-bond acceptors (Lipinski definition) is 3. The normalized spacial score (nSPS) is 20.6. The van der Waals surface area contributed by atoms with Crippen LogP contribution < -0.4 is 15.4 Å². The van der Waals surface area contributed by atoms with Gasteiger partial charge in [-0.2, -0.15) is 0 Å². The molecule has 0 bridgehead atoms. The van der Waals surface area contributed by atoms with E-state index in [9.17, 15) is 4.79 Å². The Morgan fingerprint density at radius 2 is 2.25 bits per heavy atom. The molecule has 1 aromatic carbocycles. The van der Waals surface area contributed by atoms with E-state index in [2.05, 4.69) is 17.6 Å². The first-order valence-corrected chi connectivity index (χ1v) is 7.59. The van der Waals surface area contributed by atoms with Crippen LogP contribution >= 0.6 is 0 Å². The van der Waals surface area contributed by atoms with Crippen molar-refractivity contribution in [2.75, 3.05) is 18.5 Å². The van der Waals surface area contributed by atoms with Gasteiger partial charge in [0.05, 0.1) is 6.61 Å². The summed E-state index contributed by atoms with van der Waals surface area (Å²) < 4.78 is 5.76. The SMILES string of the molecule is CCCNC1C(=O)Nc2cc(OCCC3CC3)ccc21. The van der Waals surface area contributed by atoms with Gasteiger partial charge >= 0.3 is 0 Å². The number of ether oxygens (including phenoxy) is 1. The Hall–Kier alpha value is -1.55. The average molecular weight is 274 g/mol. The number of rotatable bonds is 7. The molecule has 0 spiro atoms. The highest BCUT2D eigenvalue weighted by molar-refractivity contribution is 6.02. The highest BCUT2D eigenvalue weighted by Gasteiger charge is 2.30. The van der Waals surface area contributed by atoms with Crippen molar-refractivity contribution in [3.05, 3.63) is 23.8 Å². The average Bonchev–Trinajstić information content (AvgIpc) is 3.20. The van der Waals surface area contributed by atoms with Crippen LogP contribution in [-0.4, -0.2) is 19.1 Å². The summed E-state index contributed by atoms with van der Waals surface area (Å²) in [6, 6.07) is 5.68. The Labute approximate surface area is 119 Å². The zero-order chi connectivity index (χ0) is 13.9. The number of fused-ring (bicyclic) bond motifs is 1. The van der Waals surface area contributed by atoms with Gasteiger partial charge in [-0.05, 0) is 31.4 Å². The Morgan fingerprint density at radius 3 is 3.00 bits per heavy atom. The van der Waals surface area contributed by atoms with Crippen LogP contribution in [0.3, 0.4) is 0 Å². The molecule has 1 unspecified atom stereocenters. The van der Waals surface area contributed by atoms with Gasteiger partial charge in [-0.3, -0.25) is 4.79 Å². The summed E-state index contributed by atoms with van der Waals surface area (Å²) in [7, 11) is 0. The summed E-state index contributed by atoms with van der Waals surface area (Å²) >= 11 is 0. The molecule has 0 radical (unpaired) electrons. The number of nitrogens with one attached hydrogen (secondary N) is 2. The minimum absolute atomic E-state index is 0.0311. The lowest BCUT2D eigenvalue weighted by Gasteiger charge is -2.11. The molecule has 0 aromatic heterocycles. The summed E-state index contributed by atoms with van der Waals surface area (Å²) in [5, 5.41) is 6.20. The monoisotopic (exact) mass is 274 g/mol. The van der Waals surface area contributed by atoms with Gasteiger partial charge in [-0.1, -0.05) is 25.8 Å². The highest BCUT2D eigenvalue weighted by atomic mass is 16.5. The second kappa shape index (κ2) is 5.83. The Balaban J connectivity index is 1.63. The largest absolute Gasteiger partial charge is 0.494 e. The van der Waals surface area contributed by atoms with E-state index in [0.29, 0.717) is 0 Å². The third-order valence-corrected chi connectivity index (χ3v) is 3.95. The fourth-order valence-corrected chi connectivity index (χ4v) is 2.57. The molecule has 4 nitrogen and oxygen atoms in total. The van der Waals surface area contributed by atoms with Crippen LogP contribution in [0.5, 0.6) is 5.75 Å². The highest BCUT2D eigenvalue weighted by Crippen LogP contribution is 2.35. The van der Waals surface area contributed by atoms with Crippen molar-refractivity contribution in [3.8, 4) is 5.75 Å². The lowest BCUT2D eigenvalue weighted by Crippen LogP contribution is -2.27. The van der Waals surface area contributed by atoms with Crippen LogP contribution in [0.15, 0.2) is 18.2 Å². The maximum atomic E-state index is 11.9. The Kier molecular flexibility index (Phi) is 3.92. The van der Waals surface area contributed by atoms with Crippen molar-refractivity contribution in [2.45, 2.75) is 38.6 Å². The Morgan fingerprint density at radius 1 is 1.40 bits per heavy atom. The second-order valence-corrected chi connectivity index (χ2v) is 5.71. The first-order chi connectivity index (χ1) is 9.78. The fourth-order valence-electron chi connectivity index (χ4n) is 2.57. The topological polar surface area (TPSA) is 50.4 Å². The van der Waals surface area contributed by atoms with Crippen LogP contribution in [0.1, 0.15) is 44.2 Å². The van der Waals surface area contributed by atoms with Crippen molar-refractivity contribution in [1.29, 1.82) is 0 Å². The lowest BCUT2D eigenvalue weighted by atomic mass is 10.1. The minimum atomic E-state index is -0.217. The van der Waals surface area contributed by atoms with E-state index in [1.165, 1.54) is 12.8 Å². The molecular weight excluding hydrogens is 252 g/mol. The second-order valence-electron chi connectivity index (χ2n) is 5.71. The molecule has 2 N–H and O–H groups in total. The zero-order valence-electron chi connectivity index (χ0n) is 11.9. The standard InChI is InChI=1S/C16H22N2O2/c1-2-8-17-15-13-6-5-12(10-14(13)18-16(15)19)20-9-7-11-3-4-11/h5-6,10-11,15,17H,2-4,7-9H2,1H3,(H,18,19). The van der Waals surface area contributed by atoms with Gasteiger partial charge in [0.15, 0.2) is 0 Å². The molecule has 1 atom stereocenters. The van der Waals surface area contributed by atoms with Crippen molar-refractivity contribution in [3.63, 3.8) is 0 Å². The van der Waals surface area contributed by atoms with E-state index in [4.69, 9.17) is 4.74 Å². The first kappa shape index (κ1) is 13.4. The molecular formula is C16H22N2O2. The lowest BCUT2D eigenvalue weighted by molar-refractivity contribution is -0.117. The van der Waals surface area contributed by atoms with Gasteiger partial charge in [0.25, 0.3) is 0 Å². The summed E-state index contributed by atoms with van der Waals surface area (Å²) in [4.78, 5) is 11.9. The number of carbonyl (C=O) groups excluding carboxylic acids is 1. The van der Waals surface area contributed by atoms with Crippen molar-refractivity contribution in [1.82, 2.24) is 5.32 Å². The molecule has 1 aliphatic heterocycles. The quantitative estimate of drug-likeness (QED) is 0.804. The molecule has 1 aliphatic carbocycles. The van der Waals surface area contributed by atoms with E-state index < -0.39 is 0 Å². The van der Waals surface area contributed by atoms with E-state index in [0.717, 1.165) is 48.9 Å². The molecule has 108 valence electrons. The molecule has 1 fully saturated rings. The molecule has 3 rings (SSSR count). The van der Waals surface area contributed by atoms with E-state index in [1.54, 1.807) is 0 Å². The van der Waals surface area contributed by atoms with Crippen LogP contribution in [0.4, 0.5) is 5.69 Å². The zero-order valence-corrected chi connectivity index (χ0v) is 11.9. The number of hydrogen-bond donors (Lipinski definition) is 2. The fraction of sp³-hybridized carbons (Fsp3) is 0.562. The molecule has 4 heteroatoms. The number of anilines is 1. The number of benzene rings is 1. The molecule has 1 saturated carbocycles. The van der Waals surface area contributed by atoms with E-state index in [1.807, 2.05) is 18.2 Å². The number of carbonyl (C=O) groups is 1. The molecule has 20 heavy (non-hydrogen) atoms. The number of amides is 1. The third-order valence-electron chi connectivity index (χ3n) is 3.95. The van der Waals surface area contributed by atoms with Gasteiger partial charge in [-0.15, -0.1) is 0 Å². The van der Waals surface area contributed by atoms with Gasteiger partial charge in [0, 0.05) is 17.3 Å². The minimum Gasteiger partial charge on any atom is -0.494 e. The van der Waals surface area contributed by atoms with Crippen molar-refractivity contribution >= 4 is 11.6 Å². The van der Waals surface area contributed by atoms with Crippen molar-refractivity contribution < 1.29 is 9.53 Å². The van der Waals surface area contributed by atoms with Crippen molar-refractivity contribution in [2.24, 2.45) is 5.92 Å². The molecule has 1 amide bonds. The predicted octanol–water partition coefficient (Wildman–Crippen LogP) is 2.86.